The number of halogens is 3. The van der Waals surface area contributed by atoms with Gasteiger partial charge >= 0.3 is 6.36 Å². The number of anilines is 1. The van der Waals surface area contributed by atoms with E-state index in [4.69, 9.17) is 15.6 Å². The Morgan fingerprint density at radius 2 is 2.06 bits per heavy atom. The van der Waals surface area contributed by atoms with Crippen molar-refractivity contribution in [1.82, 2.24) is 19.7 Å². The van der Waals surface area contributed by atoms with Gasteiger partial charge in [0.1, 0.15) is 0 Å². The number of nitrogen functional groups attached to an aromatic ring is 1. The summed E-state index contributed by atoms with van der Waals surface area (Å²) in [6.45, 7) is 5.97. The predicted octanol–water partition coefficient (Wildman–Crippen LogP) is 3.89. The molecule has 0 amide bonds. The Labute approximate surface area is 189 Å². The maximum Gasteiger partial charge on any atom is 0.573 e. The fraction of sp³-hybridized carbons (Fsp3) is 0.565. The lowest BCUT2D eigenvalue weighted by Gasteiger charge is -2.32. The van der Waals surface area contributed by atoms with Crippen LogP contribution in [-0.2, 0) is 4.74 Å². The summed E-state index contributed by atoms with van der Waals surface area (Å²) in [5.74, 6) is -0.00811. The van der Waals surface area contributed by atoms with Gasteiger partial charge < -0.3 is 15.2 Å². The predicted molar refractivity (Wildman–Crippen MR) is 115 cm³/mol. The molecule has 4 aliphatic rings. The van der Waals surface area contributed by atoms with Crippen molar-refractivity contribution in [2.45, 2.75) is 63.2 Å². The van der Waals surface area contributed by atoms with Gasteiger partial charge in [0, 0.05) is 48.0 Å². The highest BCUT2D eigenvalue weighted by atomic mass is 19.4. The summed E-state index contributed by atoms with van der Waals surface area (Å²) in [4.78, 5) is 6.49. The summed E-state index contributed by atoms with van der Waals surface area (Å²) in [6, 6.07) is 4.37. The number of fused-ring (bicyclic) bond motifs is 3. The molecule has 0 aromatic carbocycles. The first-order valence-electron chi connectivity index (χ1n) is 11.4. The highest BCUT2D eigenvalue weighted by molar-refractivity contribution is 5.65. The van der Waals surface area contributed by atoms with E-state index >= 15 is 0 Å². The lowest BCUT2D eigenvalue weighted by atomic mass is 10.0. The van der Waals surface area contributed by atoms with Crippen LogP contribution in [-0.4, -0.2) is 57.4 Å². The van der Waals surface area contributed by atoms with Crippen molar-refractivity contribution in [2.24, 2.45) is 5.92 Å². The molecule has 1 saturated carbocycles. The first-order valence-corrected chi connectivity index (χ1v) is 11.4. The number of rotatable bonds is 5. The van der Waals surface area contributed by atoms with Crippen LogP contribution >= 0.6 is 0 Å². The normalized spacial score (nSPS) is 30.7. The molecule has 7 nitrogen and oxygen atoms in total. The van der Waals surface area contributed by atoms with Crippen LogP contribution in [0.15, 0.2) is 30.0 Å². The smallest absolute Gasteiger partial charge is 0.402 e. The fourth-order valence-electron chi connectivity index (χ4n) is 5.83. The molecule has 2 saturated heterocycles. The van der Waals surface area contributed by atoms with Crippen molar-refractivity contribution in [1.29, 1.82) is 0 Å². The average molecular weight is 461 g/mol. The summed E-state index contributed by atoms with van der Waals surface area (Å²) in [7, 11) is 0. The van der Waals surface area contributed by atoms with E-state index in [0.29, 0.717) is 41.3 Å². The van der Waals surface area contributed by atoms with Gasteiger partial charge in [-0.05, 0) is 44.7 Å². The molecule has 6 rings (SSSR count). The third-order valence-corrected chi connectivity index (χ3v) is 7.31. The van der Waals surface area contributed by atoms with E-state index < -0.39 is 12.1 Å². The molecule has 2 aromatic rings. The third-order valence-electron chi connectivity index (χ3n) is 7.31. The number of allylic oxidation sites excluding steroid dienone is 1. The van der Waals surface area contributed by atoms with E-state index in [2.05, 4.69) is 34.5 Å². The molecule has 0 spiro atoms. The number of morpholine rings is 1. The molecule has 2 aliphatic heterocycles. The van der Waals surface area contributed by atoms with Crippen molar-refractivity contribution in [3.05, 3.63) is 35.7 Å². The summed E-state index contributed by atoms with van der Waals surface area (Å²) in [5, 5.41) is 4.71. The Hall–Kier alpha value is -2.59. The van der Waals surface area contributed by atoms with Crippen LogP contribution in [0.5, 0.6) is 5.75 Å². The molecule has 2 N–H and O–H groups in total. The number of alkyl halides is 3. The van der Waals surface area contributed by atoms with Crippen LogP contribution in [0.25, 0.3) is 11.3 Å². The topological polar surface area (TPSA) is 78.4 Å². The maximum absolute atomic E-state index is 12.7. The Balaban J connectivity index is 1.26. The average Bonchev–Trinajstić information content (AvgIpc) is 3.32. The van der Waals surface area contributed by atoms with Crippen molar-refractivity contribution in [3.63, 3.8) is 0 Å². The number of hydrogen-bond donors (Lipinski definition) is 1. The molecule has 176 valence electrons. The van der Waals surface area contributed by atoms with E-state index in [1.54, 1.807) is 0 Å². The molecule has 1 unspecified atom stereocenters. The molecular formula is C23H26F3N5O2. The fourth-order valence-corrected chi connectivity index (χ4v) is 5.83. The zero-order chi connectivity index (χ0) is 23.1. The second-order valence-electron chi connectivity index (χ2n) is 9.74. The Kier molecular flexibility index (Phi) is 4.58. The summed E-state index contributed by atoms with van der Waals surface area (Å²) in [5.41, 5.74) is 9.13. The van der Waals surface area contributed by atoms with Gasteiger partial charge in [-0.3, -0.25) is 9.58 Å². The number of nitrogens with two attached hydrogens (primary N) is 1. The molecule has 5 atom stereocenters. The number of hydrogen-bond acceptors (Lipinski definition) is 6. The summed E-state index contributed by atoms with van der Waals surface area (Å²) >= 11 is 0. The monoisotopic (exact) mass is 461 g/mol. The van der Waals surface area contributed by atoms with Crippen molar-refractivity contribution < 1.29 is 22.6 Å². The number of ether oxygens (including phenoxy) is 2. The molecule has 10 heteroatoms. The molecule has 33 heavy (non-hydrogen) atoms. The molecule has 2 aliphatic carbocycles. The van der Waals surface area contributed by atoms with Crippen molar-refractivity contribution >= 4 is 5.82 Å². The Morgan fingerprint density at radius 3 is 2.67 bits per heavy atom. The van der Waals surface area contributed by atoms with E-state index in [1.165, 1.54) is 17.8 Å². The second-order valence-corrected chi connectivity index (χ2v) is 9.74. The molecular weight excluding hydrogens is 435 g/mol. The van der Waals surface area contributed by atoms with Crippen molar-refractivity contribution in [3.8, 4) is 17.0 Å². The molecule has 4 heterocycles. The third kappa shape index (κ3) is 3.59. The Bertz CT molecular complexity index is 1130. The van der Waals surface area contributed by atoms with Gasteiger partial charge in [-0.1, -0.05) is 11.6 Å². The van der Waals surface area contributed by atoms with Gasteiger partial charge in [-0.2, -0.15) is 5.10 Å². The minimum Gasteiger partial charge on any atom is -0.402 e. The minimum atomic E-state index is -4.84. The van der Waals surface area contributed by atoms with Gasteiger partial charge in [0.15, 0.2) is 11.6 Å². The lowest BCUT2D eigenvalue weighted by Crippen LogP contribution is -2.43. The highest BCUT2D eigenvalue weighted by Gasteiger charge is 2.54. The summed E-state index contributed by atoms with van der Waals surface area (Å²) in [6.07, 6.45) is 1.66. The van der Waals surface area contributed by atoms with E-state index in [-0.39, 0.29) is 11.9 Å². The van der Waals surface area contributed by atoms with Crippen LogP contribution < -0.4 is 10.5 Å². The molecule has 2 aromatic heterocycles. The van der Waals surface area contributed by atoms with Crippen LogP contribution in [0.4, 0.5) is 19.0 Å². The zero-order valence-electron chi connectivity index (χ0n) is 18.4. The van der Waals surface area contributed by atoms with E-state index in [1.807, 2.05) is 10.7 Å². The zero-order valence-corrected chi connectivity index (χ0v) is 18.4. The van der Waals surface area contributed by atoms with Crippen LogP contribution in [0.2, 0.25) is 0 Å². The van der Waals surface area contributed by atoms with Gasteiger partial charge in [-0.25, -0.2) is 4.98 Å². The summed E-state index contributed by atoms with van der Waals surface area (Å²) < 4.78 is 49.9. The van der Waals surface area contributed by atoms with Crippen LogP contribution in [0, 0.1) is 5.92 Å². The number of likely N-dealkylation sites (tertiary alicyclic amines) is 1. The van der Waals surface area contributed by atoms with Gasteiger partial charge in [-0.15, -0.1) is 13.2 Å². The van der Waals surface area contributed by atoms with Gasteiger partial charge in [0.25, 0.3) is 0 Å². The van der Waals surface area contributed by atoms with Crippen LogP contribution in [0.3, 0.4) is 0 Å². The molecule has 2 bridgehead atoms. The van der Waals surface area contributed by atoms with E-state index in [9.17, 15) is 13.2 Å². The number of nitrogens with zero attached hydrogens (tertiary/aromatic N) is 4. The maximum atomic E-state index is 12.7. The molecule has 0 radical (unpaired) electrons. The van der Waals surface area contributed by atoms with E-state index in [0.717, 1.165) is 31.7 Å². The highest BCUT2D eigenvalue weighted by Crippen LogP contribution is 2.61. The standard InChI is InChI=1S/C23H26F3N5O2/c1-11(2)31-19(7-18(29-31)12-3-20(22(27)28-8-12)33-23(24,25)26)21-16-5-13(6-17(16)21)30-9-15-4-14(30)10-32-15/h3,5,7-8,11,13-15,17,21H,4,6,9-10H2,1-2H3,(H2,27,28)/t13?,14-,15-,17+,21+/m0/s1. The molecule has 3 fully saturated rings. The first kappa shape index (κ1) is 21.0. The lowest BCUT2D eigenvalue weighted by molar-refractivity contribution is -0.274. The number of aromatic nitrogens is 3. The quantitative estimate of drug-likeness (QED) is 0.681. The first-order chi connectivity index (χ1) is 15.7. The number of pyridine rings is 1. The van der Waals surface area contributed by atoms with Gasteiger partial charge in [0.05, 0.1) is 18.4 Å². The second kappa shape index (κ2) is 7.20. The van der Waals surface area contributed by atoms with Gasteiger partial charge in [0.2, 0.25) is 0 Å². The van der Waals surface area contributed by atoms with Crippen LogP contribution in [0.1, 0.15) is 44.3 Å². The largest absolute Gasteiger partial charge is 0.573 e. The van der Waals surface area contributed by atoms with Crippen molar-refractivity contribution in [2.75, 3.05) is 18.9 Å². The minimum absolute atomic E-state index is 0.116. The Morgan fingerprint density at radius 1 is 1.24 bits per heavy atom. The SMILES string of the molecule is CC(C)n1nc(-c2cnc(N)c(OC(F)(F)F)c2)cc1[C@@H]1C2=CC(N3C[C@@H]4C[C@H]3CO4)C[C@H]21.